The number of halogens is 3. The molecule has 0 aliphatic rings. The molecule has 8 heteroatoms. The van der Waals surface area contributed by atoms with Crippen molar-refractivity contribution in [2.45, 2.75) is 25.1 Å². The SMILES string of the molecule is COc1ccc(C(NC(=O)CCC(=O)O)C(F)(F)F)cc1. The molecule has 0 fully saturated rings. The molecule has 1 unspecified atom stereocenters. The van der Waals surface area contributed by atoms with Gasteiger partial charge in [-0.15, -0.1) is 0 Å². The van der Waals surface area contributed by atoms with Crippen molar-refractivity contribution in [1.29, 1.82) is 0 Å². The minimum atomic E-state index is -4.69. The molecule has 1 aromatic rings. The van der Waals surface area contributed by atoms with E-state index in [0.717, 1.165) is 0 Å². The summed E-state index contributed by atoms with van der Waals surface area (Å²) in [5.41, 5.74) is -0.160. The van der Waals surface area contributed by atoms with E-state index in [1.165, 1.54) is 31.4 Å². The van der Waals surface area contributed by atoms with Crippen LogP contribution in [0.2, 0.25) is 0 Å². The Morgan fingerprint density at radius 2 is 1.81 bits per heavy atom. The van der Waals surface area contributed by atoms with Crippen molar-refractivity contribution >= 4 is 11.9 Å². The Kier molecular flexibility index (Phi) is 5.57. The maximum Gasteiger partial charge on any atom is 0.412 e. The van der Waals surface area contributed by atoms with Crippen LogP contribution in [0.3, 0.4) is 0 Å². The van der Waals surface area contributed by atoms with Gasteiger partial charge in [-0.05, 0) is 17.7 Å². The fourth-order valence-corrected chi connectivity index (χ4v) is 1.60. The summed E-state index contributed by atoms with van der Waals surface area (Å²) in [7, 11) is 1.38. The van der Waals surface area contributed by atoms with Crippen LogP contribution in [0.25, 0.3) is 0 Å². The zero-order valence-corrected chi connectivity index (χ0v) is 11.1. The van der Waals surface area contributed by atoms with E-state index in [-0.39, 0.29) is 5.56 Å². The van der Waals surface area contributed by atoms with Gasteiger partial charge in [-0.3, -0.25) is 9.59 Å². The average Bonchev–Trinajstić information content (AvgIpc) is 2.41. The molecule has 5 nitrogen and oxygen atoms in total. The molecule has 0 spiro atoms. The Hall–Kier alpha value is -2.25. The van der Waals surface area contributed by atoms with Crippen molar-refractivity contribution in [3.05, 3.63) is 29.8 Å². The first kappa shape index (κ1) is 16.8. The van der Waals surface area contributed by atoms with E-state index in [1.54, 1.807) is 5.32 Å². The molecule has 1 amide bonds. The van der Waals surface area contributed by atoms with E-state index in [0.29, 0.717) is 5.75 Å². The van der Waals surface area contributed by atoms with Crippen LogP contribution in [0.4, 0.5) is 13.2 Å². The van der Waals surface area contributed by atoms with Gasteiger partial charge >= 0.3 is 12.1 Å². The van der Waals surface area contributed by atoms with Gasteiger partial charge in [0.2, 0.25) is 5.91 Å². The van der Waals surface area contributed by atoms with Crippen LogP contribution in [-0.4, -0.2) is 30.3 Å². The molecule has 1 atom stereocenters. The van der Waals surface area contributed by atoms with Crippen molar-refractivity contribution in [3.63, 3.8) is 0 Å². The summed E-state index contributed by atoms with van der Waals surface area (Å²) in [4.78, 5) is 21.7. The number of carbonyl (C=O) groups is 2. The van der Waals surface area contributed by atoms with Crippen molar-refractivity contribution in [3.8, 4) is 5.75 Å². The fraction of sp³-hybridized carbons (Fsp3) is 0.385. The predicted molar refractivity (Wildman–Crippen MR) is 66.8 cm³/mol. The molecular formula is C13H14F3NO4. The molecule has 0 saturated heterocycles. The van der Waals surface area contributed by atoms with E-state index < -0.39 is 36.9 Å². The number of methoxy groups -OCH3 is 1. The minimum Gasteiger partial charge on any atom is -0.497 e. The monoisotopic (exact) mass is 305 g/mol. The molecule has 0 aromatic heterocycles. The Labute approximate surface area is 118 Å². The summed E-state index contributed by atoms with van der Waals surface area (Å²) in [6.45, 7) is 0. The van der Waals surface area contributed by atoms with Gasteiger partial charge in [0.1, 0.15) is 5.75 Å². The number of hydrogen-bond acceptors (Lipinski definition) is 3. The number of carboxylic acids is 1. The van der Waals surface area contributed by atoms with Crippen LogP contribution >= 0.6 is 0 Å². The number of carboxylic acid groups (broad SMARTS) is 1. The smallest absolute Gasteiger partial charge is 0.412 e. The molecular weight excluding hydrogens is 291 g/mol. The fourth-order valence-electron chi connectivity index (χ4n) is 1.60. The number of rotatable bonds is 6. The van der Waals surface area contributed by atoms with Crippen LogP contribution in [0.5, 0.6) is 5.75 Å². The molecule has 0 radical (unpaired) electrons. The Morgan fingerprint density at radius 3 is 2.24 bits per heavy atom. The lowest BCUT2D eigenvalue weighted by atomic mass is 10.1. The second kappa shape index (κ2) is 6.96. The van der Waals surface area contributed by atoms with E-state index in [4.69, 9.17) is 9.84 Å². The molecule has 1 rings (SSSR count). The first-order chi connectivity index (χ1) is 9.74. The van der Waals surface area contributed by atoms with Gasteiger partial charge in [0.15, 0.2) is 6.04 Å². The quantitative estimate of drug-likeness (QED) is 0.845. The highest BCUT2D eigenvalue weighted by Gasteiger charge is 2.41. The van der Waals surface area contributed by atoms with Crippen LogP contribution in [-0.2, 0) is 9.59 Å². The highest BCUT2D eigenvalue weighted by atomic mass is 19.4. The summed E-state index contributed by atoms with van der Waals surface area (Å²) in [5.74, 6) is -1.84. The van der Waals surface area contributed by atoms with Gasteiger partial charge in [0.05, 0.1) is 13.5 Å². The number of amides is 1. The van der Waals surface area contributed by atoms with Crippen molar-refractivity contribution in [1.82, 2.24) is 5.32 Å². The number of carbonyl (C=O) groups excluding carboxylic acids is 1. The number of aliphatic carboxylic acids is 1. The minimum absolute atomic E-state index is 0.160. The van der Waals surface area contributed by atoms with Crippen molar-refractivity contribution in [2.24, 2.45) is 0 Å². The molecule has 2 N–H and O–H groups in total. The largest absolute Gasteiger partial charge is 0.497 e. The molecule has 116 valence electrons. The Balaban J connectivity index is 2.85. The second-order valence-corrected chi connectivity index (χ2v) is 4.21. The lowest BCUT2D eigenvalue weighted by molar-refractivity contribution is -0.163. The normalized spacial score (nSPS) is 12.6. The molecule has 0 saturated carbocycles. The number of alkyl halides is 3. The van der Waals surface area contributed by atoms with E-state index in [9.17, 15) is 22.8 Å². The molecule has 0 bridgehead atoms. The van der Waals surface area contributed by atoms with E-state index in [2.05, 4.69) is 0 Å². The van der Waals surface area contributed by atoms with Gasteiger partial charge in [-0.25, -0.2) is 0 Å². The Bertz CT molecular complexity index is 499. The third-order valence-corrected chi connectivity index (χ3v) is 2.65. The zero-order valence-electron chi connectivity index (χ0n) is 11.1. The highest BCUT2D eigenvalue weighted by molar-refractivity contribution is 5.81. The molecule has 0 heterocycles. The zero-order chi connectivity index (χ0) is 16.0. The summed E-state index contributed by atoms with van der Waals surface area (Å²) in [5, 5.41) is 10.2. The van der Waals surface area contributed by atoms with Gasteiger partial charge in [-0.1, -0.05) is 12.1 Å². The molecule has 1 aromatic carbocycles. The highest BCUT2D eigenvalue weighted by Crippen LogP contribution is 2.33. The van der Waals surface area contributed by atoms with Gasteiger partial charge in [0, 0.05) is 6.42 Å². The van der Waals surface area contributed by atoms with Crippen molar-refractivity contribution in [2.75, 3.05) is 7.11 Å². The first-order valence-corrected chi connectivity index (χ1v) is 5.96. The summed E-state index contributed by atoms with van der Waals surface area (Å²) >= 11 is 0. The maximum atomic E-state index is 13.0. The average molecular weight is 305 g/mol. The summed E-state index contributed by atoms with van der Waals surface area (Å²) in [6, 6.07) is 2.88. The van der Waals surface area contributed by atoms with Crippen LogP contribution in [0.15, 0.2) is 24.3 Å². The van der Waals surface area contributed by atoms with Crippen molar-refractivity contribution < 1.29 is 32.6 Å². The van der Waals surface area contributed by atoms with Crippen LogP contribution in [0.1, 0.15) is 24.4 Å². The summed E-state index contributed by atoms with van der Waals surface area (Å²) in [6.07, 6.45) is -5.73. The molecule has 0 aliphatic heterocycles. The Morgan fingerprint density at radius 1 is 1.24 bits per heavy atom. The van der Waals surface area contributed by atoms with E-state index in [1.807, 2.05) is 0 Å². The number of hydrogen-bond donors (Lipinski definition) is 2. The van der Waals surface area contributed by atoms with Crippen LogP contribution < -0.4 is 10.1 Å². The summed E-state index contributed by atoms with van der Waals surface area (Å²) < 4.78 is 43.8. The van der Waals surface area contributed by atoms with Gasteiger partial charge in [-0.2, -0.15) is 13.2 Å². The topological polar surface area (TPSA) is 75.6 Å². The first-order valence-electron chi connectivity index (χ1n) is 5.96. The number of ether oxygens (including phenoxy) is 1. The van der Waals surface area contributed by atoms with Gasteiger partial charge < -0.3 is 15.2 Å². The third-order valence-electron chi connectivity index (χ3n) is 2.65. The lowest BCUT2D eigenvalue weighted by Crippen LogP contribution is -2.38. The van der Waals surface area contributed by atoms with E-state index >= 15 is 0 Å². The van der Waals surface area contributed by atoms with Crippen LogP contribution in [0, 0.1) is 0 Å². The standard InChI is InChI=1S/C13H14F3NO4/c1-21-9-4-2-8(3-5-9)12(13(14,15)16)17-10(18)6-7-11(19)20/h2-5,12H,6-7H2,1H3,(H,17,18)(H,19,20). The predicted octanol–water partition coefficient (Wildman–Crippen LogP) is 2.28. The lowest BCUT2D eigenvalue weighted by Gasteiger charge is -2.22. The molecule has 21 heavy (non-hydrogen) atoms. The number of benzene rings is 1. The van der Waals surface area contributed by atoms with Gasteiger partial charge in [0.25, 0.3) is 0 Å². The molecule has 0 aliphatic carbocycles. The second-order valence-electron chi connectivity index (χ2n) is 4.21. The third kappa shape index (κ3) is 5.33. The maximum absolute atomic E-state index is 13.0. The number of nitrogens with one attached hydrogen (secondary N) is 1.